The van der Waals surface area contributed by atoms with Crippen LogP contribution in [0, 0.1) is 0 Å². The molecule has 4 aromatic rings. The summed E-state index contributed by atoms with van der Waals surface area (Å²) in [5.41, 5.74) is 0.793. The fraction of sp³-hybridized carbons (Fsp3) is 0.500. The summed E-state index contributed by atoms with van der Waals surface area (Å²) in [6.45, 7) is 12.4. The molecule has 0 aliphatic carbocycles. The molecule has 4 saturated heterocycles. The Morgan fingerprint density at radius 1 is 0.507 bits per heavy atom. The van der Waals surface area contributed by atoms with E-state index in [9.17, 15) is 28.8 Å². The van der Waals surface area contributed by atoms with E-state index in [0.717, 1.165) is 67.3 Å². The maximum atomic E-state index is 14.3. The molecular formula is C60H81N9O6. The molecule has 0 bridgehead atoms. The number of carbonyl (C=O) groups is 6. The third-order valence-corrected chi connectivity index (χ3v) is 16.5. The van der Waals surface area contributed by atoms with Gasteiger partial charge in [-0.25, -0.2) is 0 Å². The van der Waals surface area contributed by atoms with Crippen LogP contribution in [0.25, 0.3) is 0 Å². The van der Waals surface area contributed by atoms with Gasteiger partial charge < -0.3 is 46.6 Å². The standard InChI is InChI=1S/C30H41N5O3.C30H40N4O3/c1-21(31-4)26(36)33-30(3)20-34(5)19-18-29(2)17-16-24(35(29)28(30)38)27(37)32-25(22-12-8-6-9-13-22)23-14-10-7-11-15-23;1-21(31-4)26(35)33-30(3)19-12-11-18-29(2)20-17-24(34(29)28(30)37)27(36)32-25(22-13-7-5-8-14-22)23-15-9-6-10-16-23/h6-15,21,24-25,31H,16-20H2,1-5H3,(H,32,37)(H,33,36);5-10,13-16,21,24-25,31H,11-12,17-20H2,1-4H3,(H,32,36)(H,33,35)/t21-,24-,29+,30-;21-,24-,29-,30-/m00/s1. The van der Waals surface area contributed by atoms with Crippen molar-refractivity contribution in [3.8, 4) is 0 Å². The molecule has 0 aromatic heterocycles. The minimum Gasteiger partial charge on any atom is -0.343 e. The summed E-state index contributed by atoms with van der Waals surface area (Å²) in [6, 6.07) is 36.8. The molecule has 4 aliphatic heterocycles. The molecule has 8 atom stereocenters. The highest BCUT2D eigenvalue weighted by Crippen LogP contribution is 2.43. The summed E-state index contributed by atoms with van der Waals surface area (Å²) in [5.74, 6) is -1.17. The zero-order valence-corrected chi connectivity index (χ0v) is 45.6. The first-order chi connectivity index (χ1) is 35.8. The molecule has 4 aliphatic rings. The van der Waals surface area contributed by atoms with Gasteiger partial charge in [-0.05, 0) is 130 Å². The third-order valence-electron chi connectivity index (χ3n) is 16.5. The number of carbonyl (C=O) groups excluding carboxylic acids is 6. The number of fused-ring (bicyclic) bond motifs is 2. The number of likely N-dealkylation sites (N-methyl/N-ethyl adjacent to an activating group) is 3. The number of nitrogens with one attached hydrogen (secondary N) is 6. The second-order valence-corrected chi connectivity index (χ2v) is 22.3. The first-order valence-electron chi connectivity index (χ1n) is 26.9. The van der Waals surface area contributed by atoms with Crippen molar-refractivity contribution >= 4 is 35.4 Å². The van der Waals surface area contributed by atoms with Crippen molar-refractivity contribution < 1.29 is 28.8 Å². The van der Waals surface area contributed by atoms with E-state index < -0.39 is 46.3 Å². The Bertz CT molecular complexity index is 2530. The fourth-order valence-corrected chi connectivity index (χ4v) is 11.7. The van der Waals surface area contributed by atoms with Crippen LogP contribution in [0.1, 0.15) is 134 Å². The maximum absolute atomic E-state index is 14.3. The summed E-state index contributed by atoms with van der Waals surface area (Å²) >= 11 is 0. The van der Waals surface area contributed by atoms with Crippen LogP contribution in [0.5, 0.6) is 0 Å². The van der Waals surface area contributed by atoms with E-state index in [-0.39, 0.29) is 47.5 Å². The van der Waals surface area contributed by atoms with Crippen LogP contribution in [-0.4, -0.2) is 131 Å². The topological polar surface area (TPSA) is 184 Å². The summed E-state index contributed by atoms with van der Waals surface area (Å²) in [6.07, 6.45) is 6.60. The highest BCUT2D eigenvalue weighted by molar-refractivity contribution is 5.98. The molecule has 15 nitrogen and oxygen atoms in total. The fourth-order valence-electron chi connectivity index (χ4n) is 11.7. The van der Waals surface area contributed by atoms with Gasteiger partial charge >= 0.3 is 0 Å². The Labute approximate surface area is 444 Å². The normalized spacial score (nSPS) is 26.8. The van der Waals surface area contributed by atoms with Crippen molar-refractivity contribution in [2.45, 2.75) is 158 Å². The van der Waals surface area contributed by atoms with Gasteiger partial charge in [-0.3, -0.25) is 28.8 Å². The van der Waals surface area contributed by atoms with Crippen LogP contribution in [0.3, 0.4) is 0 Å². The van der Waals surface area contributed by atoms with E-state index in [1.807, 2.05) is 135 Å². The molecular weight excluding hydrogens is 943 g/mol. The van der Waals surface area contributed by atoms with Gasteiger partial charge in [-0.15, -0.1) is 0 Å². The van der Waals surface area contributed by atoms with E-state index in [1.165, 1.54) is 0 Å². The summed E-state index contributed by atoms with van der Waals surface area (Å²) in [4.78, 5) is 87.8. The SMILES string of the molecule is CN[C@@H](C)C(=O)N[C@@]1(C)CCCC[C@@]2(C)CC[C@@H](C(=O)NC(c3ccccc3)c3ccccc3)N2C1=O.CN[C@@H](C)C(=O)N[C@@]1(C)CN(C)CC[C@@]2(C)CC[C@@H](C(=O)NC(c3ccccc3)c3ccccc3)N2C1=O. The highest BCUT2D eigenvalue weighted by Gasteiger charge is 2.56. The van der Waals surface area contributed by atoms with Crippen molar-refractivity contribution in [3.05, 3.63) is 144 Å². The maximum Gasteiger partial charge on any atom is 0.250 e. The lowest BCUT2D eigenvalue weighted by Gasteiger charge is -2.47. The van der Waals surface area contributed by atoms with E-state index in [1.54, 1.807) is 44.7 Å². The quantitative estimate of drug-likeness (QED) is 0.0862. The van der Waals surface area contributed by atoms with Crippen LogP contribution >= 0.6 is 0 Å². The van der Waals surface area contributed by atoms with Gasteiger partial charge in [0.15, 0.2) is 0 Å². The van der Waals surface area contributed by atoms with E-state index in [0.29, 0.717) is 25.8 Å². The molecule has 4 fully saturated rings. The largest absolute Gasteiger partial charge is 0.343 e. The van der Waals surface area contributed by atoms with Crippen LogP contribution < -0.4 is 31.9 Å². The summed E-state index contributed by atoms with van der Waals surface area (Å²) in [7, 11) is 5.41. The van der Waals surface area contributed by atoms with Crippen molar-refractivity contribution in [1.82, 2.24) is 46.6 Å². The average molecular weight is 1020 g/mol. The monoisotopic (exact) mass is 1020 g/mol. The number of amides is 6. The van der Waals surface area contributed by atoms with Gasteiger partial charge in [-0.2, -0.15) is 0 Å². The second kappa shape index (κ2) is 24.1. The molecule has 0 radical (unpaired) electrons. The molecule has 6 N–H and O–H groups in total. The van der Waals surface area contributed by atoms with Crippen molar-refractivity contribution in [3.63, 3.8) is 0 Å². The predicted octanol–water partition coefficient (Wildman–Crippen LogP) is 6.16. The van der Waals surface area contributed by atoms with Gasteiger partial charge in [0.25, 0.3) is 5.91 Å². The van der Waals surface area contributed by atoms with Crippen LogP contribution in [-0.2, 0) is 28.8 Å². The molecule has 8 rings (SSSR count). The lowest BCUT2D eigenvalue weighted by molar-refractivity contribution is -0.153. The molecule has 75 heavy (non-hydrogen) atoms. The molecule has 6 amide bonds. The smallest absolute Gasteiger partial charge is 0.250 e. The Kier molecular flexibility index (Phi) is 18.1. The van der Waals surface area contributed by atoms with Gasteiger partial charge in [0.05, 0.1) is 24.2 Å². The van der Waals surface area contributed by atoms with Crippen LogP contribution in [0.4, 0.5) is 0 Å². The Morgan fingerprint density at radius 2 is 0.853 bits per heavy atom. The molecule has 402 valence electrons. The number of hydrogen-bond donors (Lipinski definition) is 6. The lowest BCUT2D eigenvalue weighted by Crippen LogP contribution is -2.70. The molecule has 0 saturated carbocycles. The minimum absolute atomic E-state index is 0.160. The van der Waals surface area contributed by atoms with Gasteiger partial charge in [0.1, 0.15) is 23.2 Å². The molecule has 4 aromatic carbocycles. The molecule has 15 heteroatoms. The van der Waals surface area contributed by atoms with Gasteiger partial charge in [-0.1, -0.05) is 134 Å². The lowest BCUT2D eigenvalue weighted by atomic mass is 9.83. The molecule has 0 spiro atoms. The number of benzene rings is 4. The van der Waals surface area contributed by atoms with Crippen molar-refractivity contribution in [1.29, 1.82) is 0 Å². The number of rotatable bonds is 14. The predicted molar refractivity (Wildman–Crippen MR) is 293 cm³/mol. The van der Waals surface area contributed by atoms with Gasteiger partial charge in [0, 0.05) is 24.2 Å². The Morgan fingerprint density at radius 3 is 1.24 bits per heavy atom. The van der Waals surface area contributed by atoms with Crippen molar-refractivity contribution in [2.75, 3.05) is 34.2 Å². The van der Waals surface area contributed by atoms with Crippen LogP contribution in [0.2, 0.25) is 0 Å². The van der Waals surface area contributed by atoms with Gasteiger partial charge in [0.2, 0.25) is 29.5 Å². The van der Waals surface area contributed by atoms with E-state index in [2.05, 4.69) is 50.6 Å². The zero-order valence-electron chi connectivity index (χ0n) is 45.6. The molecule has 0 unspecified atom stereocenters. The summed E-state index contributed by atoms with van der Waals surface area (Å²) in [5, 5.41) is 18.4. The van der Waals surface area contributed by atoms with Crippen LogP contribution in [0.15, 0.2) is 121 Å². The highest BCUT2D eigenvalue weighted by atomic mass is 16.2. The second-order valence-electron chi connectivity index (χ2n) is 22.3. The summed E-state index contributed by atoms with van der Waals surface area (Å²) < 4.78 is 0. The number of nitrogens with zero attached hydrogens (tertiary/aromatic N) is 3. The molecule has 4 heterocycles. The Hall–Kier alpha value is -6.42. The zero-order chi connectivity index (χ0) is 54.1. The minimum atomic E-state index is -1.17. The first-order valence-corrected chi connectivity index (χ1v) is 26.9. The van der Waals surface area contributed by atoms with E-state index >= 15 is 0 Å². The average Bonchev–Trinajstić information content (AvgIpc) is 3.97. The van der Waals surface area contributed by atoms with Crippen molar-refractivity contribution in [2.24, 2.45) is 0 Å². The first kappa shape index (κ1) is 56.3. The number of hydrogen-bond acceptors (Lipinski definition) is 9. The Balaban J connectivity index is 0.000000219. The third kappa shape index (κ3) is 12.6. The van der Waals surface area contributed by atoms with E-state index in [4.69, 9.17) is 0 Å².